The Balaban J connectivity index is 2.10. The molecule has 76 valence electrons. The Morgan fingerprint density at radius 1 is 1.64 bits per heavy atom. The Hall–Kier alpha value is -0.640. The van der Waals surface area contributed by atoms with Crippen molar-refractivity contribution in [2.45, 2.75) is 12.5 Å². The van der Waals surface area contributed by atoms with Crippen LogP contribution in [0.4, 0.5) is 0 Å². The van der Waals surface area contributed by atoms with E-state index in [-0.39, 0.29) is 12.0 Å². The topological polar surface area (TPSA) is 29.5 Å². The van der Waals surface area contributed by atoms with Gasteiger partial charge in [-0.25, -0.2) is 0 Å². The Morgan fingerprint density at radius 2 is 2.50 bits per heavy atom. The predicted molar refractivity (Wildman–Crippen MR) is 58.3 cm³/mol. The summed E-state index contributed by atoms with van der Waals surface area (Å²) in [6.45, 7) is 5.30. The monoisotopic (exact) mass is 210 g/mol. The second-order valence-corrected chi connectivity index (χ2v) is 4.49. The third kappa shape index (κ3) is 1.90. The quantitative estimate of drug-likeness (QED) is 0.810. The first-order chi connectivity index (χ1) is 6.79. The van der Waals surface area contributed by atoms with Crippen LogP contribution in [0.1, 0.15) is 11.3 Å². The number of aliphatic hydroxyl groups is 1. The molecule has 2 heterocycles. The number of thiophene rings is 1. The molecule has 1 aliphatic rings. The fourth-order valence-corrected chi connectivity index (χ4v) is 2.47. The van der Waals surface area contributed by atoms with Gasteiger partial charge in [-0.1, -0.05) is 12.6 Å². The molecule has 1 aliphatic heterocycles. The molecule has 1 aromatic heterocycles. The zero-order valence-corrected chi connectivity index (χ0v) is 8.80. The molecule has 0 aromatic carbocycles. The summed E-state index contributed by atoms with van der Waals surface area (Å²) >= 11 is 1.66. The standard InChI is InChI=1S/C11H14O2S/c1-8(11-3-2-6-14-11)9-7-13-5-4-10(9)12/h2-3,6,9-10,12H,1,4-5,7H2/t9-,10-/m0/s1. The minimum absolute atomic E-state index is 0.0717. The van der Waals surface area contributed by atoms with Crippen LogP contribution >= 0.6 is 11.3 Å². The summed E-state index contributed by atoms with van der Waals surface area (Å²) in [7, 11) is 0. The molecule has 1 fully saturated rings. The van der Waals surface area contributed by atoms with E-state index in [1.165, 1.54) is 0 Å². The Bertz CT molecular complexity index is 305. The van der Waals surface area contributed by atoms with Crippen LogP contribution in [0, 0.1) is 5.92 Å². The van der Waals surface area contributed by atoms with Gasteiger partial charge >= 0.3 is 0 Å². The van der Waals surface area contributed by atoms with Crippen molar-refractivity contribution in [3.63, 3.8) is 0 Å². The molecule has 0 bridgehead atoms. The SMILES string of the molecule is C=C(c1cccs1)[C@@H]1COCC[C@@H]1O. The Labute approximate surface area is 87.8 Å². The minimum Gasteiger partial charge on any atom is -0.392 e. The van der Waals surface area contributed by atoms with Crippen molar-refractivity contribution in [3.8, 4) is 0 Å². The number of aliphatic hydroxyl groups excluding tert-OH is 1. The second-order valence-electron chi connectivity index (χ2n) is 3.54. The van der Waals surface area contributed by atoms with Gasteiger partial charge in [-0.2, -0.15) is 0 Å². The van der Waals surface area contributed by atoms with Crippen molar-refractivity contribution in [3.05, 3.63) is 29.0 Å². The van der Waals surface area contributed by atoms with Crippen molar-refractivity contribution >= 4 is 16.9 Å². The molecule has 1 aromatic rings. The van der Waals surface area contributed by atoms with Crippen molar-refractivity contribution < 1.29 is 9.84 Å². The van der Waals surface area contributed by atoms with Gasteiger partial charge in [0.05, 0.1) is 12.7 Å². The molecule has 2 nitrogen and oxygen atoms in total. The normalized spacial score (nSPS) is 27.5. The van der Waals surface area contributed by atoms with Gasteiger partial charge in [-0.15, -0.1) is 11.3 Å². The molecule has 2 rings (SSSR count). The van der Waals surface area contributed by atoms with Gasteiger partial charge in [0.15, 0.2) is 0 Å². The maximum Gasteiger partial charge on any atom is 0.0653 e. The summed E-state index contributed by atoms with van der Waals surface area (Å²) in [4.78, 5) is 1.15. The maximum absolute atomic E-state index is 9.80. The first-order valence-corrected chi connectivity index (χ1v) is 5.65. The Kier molecular flexibility index (Phi) is 3.01. The van der Waals surface area contributed by atoms with E-state index in [4.69, 9.17) is 4.74 Å². The Morgan fingerprint density at radius 3 is 3.14 bits per heavy atom. The highest BCUT2D eigenvalue weighted by Gasteiger charge is 2.26. The molecular formula is C11H14O2S. The van der Waals surface area contributed by atoms with Crippen molar-refractivity contribution in [1.29, 1.82) is 0 Å². The van der Waals surface area contributed by atoms with Crippen LogP contribution in [-0.2, 0) is 4.74 Å². The van der Waals surface area contributed by atoms with E-state index in [2.05, 4.69) is 6.58 Å². The molecule has 0 saturated carbocycles. The van der Waals surface area contributed by atoms with Gasteiger partial charge < -0.3 is 9.84 Å². The summed E-state index contributed by atoms with van der Waals surface area (Å²) < 4.78 is 5.36. The summed E-state index contributed by atoms with van der Waals surface area (Å²) in [5, 5.41) is 11.8. The van der Waals surface area contributed by atoms with E-state index in [0.717, 1.165) is 16.9 Å². The van der Waals surface area contributed by atoms with Gasteiger partial charge in [0.2, 0.25) is 0 Å². The summed E-state index contributed by atoms with van der Waals surface area (Å²) in [6, 6.07) is 4.04. The lowest BCUT2D eigenvalue weighted by atomic mass is 9.91. The average Bonchev–Trinajstić information content (AvgIpc) is 2.70. The highest BCUT2D eigenvalue weighted by Crippen LogP contribution is 2.31. The van der Waals surface area contributed by atoms with E-state index in [1.54, 1.807) is 11.3 Å². The molecule has 1 N–H and O–H groups in total. The lowest BCUT2D eigenvalue weighted by Gasteiger charge is -2.28. The number of rotatable bonds is 2. The molecule has 3 heteroatoms. The molecule has 1 saturated heterocycles. The largest absolute Gasteiger partial charge is 0.392 e. The first-order valence-electron chi connectivity index (χ1n) is 4.77. The van der Waals surface area contributed by atoms with E-state index in [1.807, 2.05) is 17.5 Å². The van der Waals surface area contributed by atoms with Crippen LogP contribution in [0.2, 0.25) is 0 Å². The van der Waals surface area contributed by atoms with E-state index in [9.17, 15) is 5.11 Å². The zero-order chi connectivity index (χ0) is 9.97. The van der Waals surface area contributed by atoms with E-state index >= 15 is 0 Å². The smallest absolute Gasteiger partial charge is 0.0653 e. The summed E-state index contributed by atoms with van der Waals surface area (Å²) in [5.41, 5.74) is 1.01. The van der Waals surface area contributed by atoms with Crippen LogP contribution < -0.4 is 0 Å². The average molecular weight is 210 g/mol. The van der Waals surface area contributed by atoms with Gasteiger partial charge in [0, 0.05) is 17.4 Å². The van der Waals surface area contributed by atoms with Gasteiger partial charge in [-0.3, -0.25) is 0 Å². The highest BCUT2D eigenvalue weighted by molar-refractivity contribution is 7.11. The molecule has 0 radical (unpaired) electrons. The van der Waals surface area contributed by atoms with Crippen LogP contribution in [0.3, 0.4) is 0 Å². The van der Waals surface area contributed by atoms with Gasteiger partial charge in [0.1, 0.15) is 0 Å². The predicted octanol–water partition coefficient (Wildman–Crippen LogP) is 2.16. The van der Waals surface area contributed by atoms with Crippen LogP contribution in [0.5, 0.6) is 0 Å². The third-order valence-corrected chi connectivity index (χ3v) is 3.55. The fraction of sp³-hybridized carbons (Fsp3) is 0.455. The molecule has 0 unspecified atom stereocenters. The van der Waals surface area contributed by atoms with Crippen molar-refractivity contribution in [2.75, 3.05) is 13.2 Å². The van der Waals surface area contributed by atoms with Crippen molar-refractivity contribution in [2.24, 2.45) is 5.92 Å². The van der Waals surface area contributed by atoms with Crippen LogP contribution in [0.15, 0.2) is 24.1 Å². The van der Waals surface area contributed by atoms with Gasteiger partial charge in [-0.05, 0) is 23.4 Å². The minimum atomic E-state index is -0.293. The van der Waals surface area contributed by atoms with E-state index in [0.29, 0.717) is 13.2 Å². The lowest BCUT2D eigenvalue weighted by molar-refractivity contribution is -0.0138. The third-order valence-electron chi connectivity index (χ3n) is 2.61. The van der Waals surface area contributed by atoms with Gasteiger partial charge in [0.25, 0.3) is 0 Å². The molecule has 0 amide bonds. The molecular weight excluding hydrogens is 196 g/mol. The highest BCUT2D eigenvalue weighted by atomic mass is 32.1. The first kappa shape index (κ1) is 9.90. The van der Waals surface area contributed by atoms with Crippen molar-refractivity contribution in [1.82, 2.24) is 0 Å². The molecule has 0 aliphatic carbocycles. The number of hydrogen-bond acceptors (Lipinski definition) is 3. The number of hydrogen-bond donors (Lipinski definition) is 1. The second kappa shape index (κ2) is 4.26. The number of ether oxygens (including phenoxy) is 1. The summed E-state index contributed by atoms with van der Waals surface area (Å²) in [6.07, 6.45) is 0.424. The van der Waals surface area contributed by atoms with E-state index < -0.39 is 0 Å². The molecule has 0 spiro atoms. The van der Waals surface area contributed by atoms with Crippen LogP contribution in [0.25, 0.3) is 5.57 Å². The maximum atomic E-state index is 9.80. The zero-order valence-electron chi connectivity index (χ0n) is 7.98. The molecule has 14 heavy (non-hydrogen) atoms. The fourth-order valence-electron chi connectivity index (χ4n) is 1.70. The summed E-state index contributed by atoms with van der Waals surface area (Å²) in [5.74, 6) is 0.0717. The molecule has 2 atom stereocenters. The lowest BCUT2D eigenvalue weighted by Crippen LogP contribution is -2.32. The van der Waals surface area contributed by atoms with Crippen LogP contribution in [-0.4, -0.2) is 24.4 Å².